The van der Waals surface area contributed by atoms with Gasteiger partial charge in [0.25, 0.3) is 5.91 Å². The van der Waals surface area contributed by atoms with Gasteiger partial charge in [0.05, 0.1) is 4.91 Å². The van der Waals surface area contributed by atoms with Crippen LogP contribution in [-0.4, -0.2) is 21.7 Å². The average Bonchev–Trinajstić information content (AvgIpc) is 2.82. The summed E-state index contributed by atoms with van der Waals surface area (Å²) in [5.41, 5.74) is 1.64. The predicted octanol–water partition coefficient (Wildman–Crippen LogP) is 3.50. The minimum atomic E-state index is -0.125. The summed E-state index contributed by atoms with van der Waals surface area (Å²) in [7, 11) is 0. The van der Waals surface area contributed by atoms with Crippen molar-refractivity contribution in [1.82, 2.24) is 4.90 Å². The van der Waals surface area contributed by atoms with Gasteiger partial charge in [-0.1, -0.05) is 54.3 Å². The highest BCUT2D eigenvalue weighted by atomic mass is 32.2. The van der Waals surface area contributed by atoms with Gasteiger partial charge in [-0.05, 0) is 23.3 Å². The van der Waals surface area contributed by atoms with Crippen LogP contribution in [-0.2, 0) is 4.79 Å². The highest BCUT2D eigenvalue weighted by molar-refractivity contribution is 8.26. The van der Waals surface area contributed by atoms with Gasteiger partial charge in [-0.25, -0.2) is 0 Å². The summed E-state index contributed by atoms with van der Waals surface area (Å²) in [5.74, 6) is -0.125. The van der Waals surface area contributed by atoms with Crippen LogP contribution in [0.5, 0.6) is 0 Å². The lowest BCUT2D eigenvalue weighted by atomic mass is 10.1. The third-order valence-corrected chi connectivity index (χ3v) is 4.35. The second-order valence-corrected chi connectivity index (χ2v) is 6.21. The molecule has 0 N–H and O–H groups in total. The Morgan fingerprint density at radius 3 is 2.43 bits per heavy atom. The Morgan fingerprint density at radius 1 is 1.26 bits per heavy atom. The highest BCUT2D eigenvalue weighted by Gasteiger charge is 2.30. The molecule has 1 aliphatic heterocycles. The van der Waals surface area contributed by atoms with E-state index in [4.69, 9.17) is 22.7 Å². The number of carbonyl (C=O) groups excluding carboxylic acids is 1. The highest BCUT2D eigenvalue weighted by Crippen LogP contribution is 2.32. The monoisotopic (exact) mass is 337 g/mol. The molecule has 0 radical (unpaired) electrons. The fraction of sp³-hybridized carbons (Fsp3) is 0.0588. The van der Waals surface area contributed by atoms with Gasteiger partial charge < -0.3 is 0 Å². The zero-order valence-electron chi connectivity index (χ0n) is 12.0. The van der Waals surface area contributed by atoms with E-state index in [1.165, 1.54) is 22.7 Å². The molecule has 1 aromatic carbocycles. The number of hydrogen-bond acceptors (Lipinski definition) is 5. The van der Waals surface area contributed by atoms with Crippen LogP contribution in [0.2, 0.25) is 0 Å². The normalized spacial score (nSPS) is 15.2. The number of hydrogen-bond donors (Lipinski definition) is 0. The van der Waals surface area contributed by atoms with Crippen molar-refractivity contribution < 1.29 is 4.79 Å². The fourth-order valence-electron chi connectivity index (χ4n) is 1.88. The Kier molecular flexibility index (Phi) is 5.48. The standard InChI is InChI=1S/C17H11N3OS2/c1-2-7-20-16(21)15(23-17(20)22)9-13-5-3-12(4-6-13)8-14(10-18)11-19/h2-6,8-9H,1,7H2/b15-9+. The van der Waals surface area contributed by atoms with Gasteiger partial charge in [0.2, 0.25) is 0 Å². The van der Waals surface area contributed by atoms with E-state index in [-0.39, 0.29) is 11.5 Å². The lowest BCUT2D eigenvalue weighted by Crippen LogP contribution is -2.27. The molecule has 0 unspecified atom stereocenters. The molecule has 0 saturated carbocycles. The molecule has 1 saturated heterocycles. The van der Waals surface area contributed by atoms with Crippen LogP contribution < -0.4 is 0 Å². The van der Waals surface area contributed by atoms with Gasteiger partial charge >= 0.3 is 0 Å². The number of carbonyl (C=O) groups is 1. The number of benzene rings is 1. The molecule has 0 spiro atoms. The van der Waals surface area contributed by atoms with Crippen LogP contribution in [0, 0.1) is 22.7 Å². The number of amides is 1. The number of thiocarbonyl (C=S) groups is 1. The SMILES string of the molecule is C=CCN1C(=O)/C(=C\c2ccc(C=C(C#N)C#N)cc2)SC1=S. The summed E-state index contributed by atoms with van der Waals surface area (Å²) in [6.07, 6.45) is 4.91. The van der Waals surface area contributed by atoms with Crippen molar-refractivity contribution in [3.8, 4) is 12.1 Å². The van der Waals surface area contributed by atoms with Gasteiger partial charge in [-0.2, -0.15) is 10.5 Å². The molecular weight excluding hydrogens is 326 g/mol. The molecule has 0 aliphatic carbocycles. The Morgan fingerprint density at radius 2 is 1.87 bits per heavy atom. The van der Waals surface area contributed by atoms with E-state index in [1.807, 2.05) is 24.3 Å². The van der Waals surface area contributed by atoms with Crippen molar-refractivity contribution in [3.63, 3.8) is 0 Å². The number of thioether (sulfide) groups is 1. The van der Waals surface area contributed by atoms with Gasteiger partial charge in [-0.15, -0.1) is 6.58 Å². The van der Waals surface area contributed by atoms with Gasteiger partial charge in [0.15, 0.2) is 0 Å². The van der Waals surface area contributed by atoms with Crippen molar-refractivity contribution in [1.29, 1.82) is 10.5 Å². The average molecular weight is 337 g/mol. The third kappa shape index (κ3) is 3.95. The van der Waals surface area contributed by atoms with E-state index >= 15 is 0 Å². The second-order valence-electron chi connectivity index (χ2n) is 4.53. The maximum Gasteiger partial charge on any atom is 0.266 e. The maximum atomic E-state index is 12.2. The first kappa shape index (κ1) is 16.7. The molecule has 1 heterocycles. The topological polar surface area (TPSA) is 67.9 Å². The third-order valence-electron chi connectivity index (χ3n) is 2.97. The van der Waals surface area contributed by atoms with Gasteiger partial charge in [0.1, 0.15) is 22.0 Å². The van der Waals surface area contributed by atoms with Crippen molar-refractivity contribution >= 4 is 46.4 Å². The van der Waals surface area contributed by atoms with Crippen molar-refractivity contribution in [3.05, 3.63) is 58.5 Å². The van der Waals surface area contributed by atoms with Crippen LogP contribution in [0.3, 0.4) is 0 Å². The molecule has 1 aromatic rings. The van der Waals surface area contributed by atoms with Gasteiger partial charge in [0, 0.05) is 6.54 Å². The molecule has 1 fully saturated rings. The van der Waals surface area contributed by atoms with E-state index in [0.29, 0.717) is 15.8 Å². The lowest BCUT2D eigenvalue weighted by Gasteiger charge is -2.10. The zero-order chi connectivity index (χ0) is 16.8. The quantitative estimate of drug-likeness (QED) is 0.364. The molecule has 112 valence electrons. The molecule has 6 heteroatoms. The molecule has 0 atom stereocenters. The lowest BCUT2D eigenvalue weighted by molar-refractivity contribution is -0.121. The summed E-state index contributed by atoms with van der Waals surface area (Å²) < 4.78 is 0.522. The number of nitriles is 2. The summed E-state index contributed by atoms with van der Waals surface area (Å²) in [6, 6.07) is 10.8. The molecule has 1 aliphatic rings. The first-order valence-corrected chi connectivity index (χ1v) is 7.79. The molecule has 1 amide bonds. The number of rotatable bonds is 4. The fourth-order valence-corrected chi connectivity index (χ4v) is 3.16. The number of allylic oxidation sites excluding steroid dienone is 1. The largest absolute Gasteiger partial charge is 0.289 e. The Bertz CT molecular complexity index is 792. The van der Waals surface area contributed by atoms with Crippen molar-refractivity contribution in [2.24, 2.45) is 0 Å². The Labute approximate surface area is 144 Å². The molecule has 0 bridgehead atoms. The second kappa shape index (κ2) is 7.55. The van der Waals surface area contributed by atoms with Crippen LogP contribution in [0.15, 0.2) is 47.4 Å². The van der Waals surface area contributed by atoms with Crippen molar-refractivity contribution in [2.75, 3.05) is 6.54 Å². The van der Waals surface area contributed by atoms with E-state index in [9.17, 15) is 4.79 Å². The van der Waals surface area contributed by atoms with E-state index in [2.05, 4.69) is 6.58 Å². The summed E-state index contributed by atoms with van der Waals surface area (Å²) >= 11 is 6.44. The molecule has 23 heavy (non-hydrogen) atoms. The Balaban J connectivity index is 2.22. The minimum Gasteiger partial charge on any atom is -0.289 e. The first-order valence-electron chi connectivity index (χ1n) is 6.57. The Hall–Kier alpha value is -2.67. The zero-order valence-corrected chi connectivity index (χ0v) is 13.7. The van der Waals surface area contributed by atoms with Gasteiger partial charge in [-0.3, -0.25) is 9.69 Å². The maximum absolute atomic E-state index is 12.2. The van der Waals surface area contributed by atoms with Crippen LogP contribution in [0.1, 0.15) is 11.1 Å². The van der Waals surface area contributed by atoms with Crippen molar-refractivity contribution in [2.45, 2.75) is 0 Å². The van der Waals surface area contributed by atoms with E-state index in [0.717, 1.165) is 11.1 Å². The van der Waals surface area contributed by atoms with E-state index in [1.54, 1.807) is 24.3 Å². The van der Waals surface area contributed by atoms with Crippen LogP contribution in [0.4, 0.5) is 0 Å². The molecule has 0 aromatic heterocycles. The van der Waals surface area contributed by atoms with Crippen LogP contribution in [0.25, 0.3) is 12.2 Å². The number of nitrogens with zero attached hydrogens (tertiary/aromatic N) is 3. The summed E-state index contributed by atoms with van der Waals surface area (Å²) in [4.78, 5) is 14.3. The smallest absolute Gasteiger partial charge is 0.266 e. The summed E-state index contributed by atoms with van der Waals surface area (Å²) in [5, 5.41) is 17.5. The summed E-state index contributed by atoms with van der Waals surface area (Å²) in [6.45, 7) is 4.02. The molecule has 2 rings (SSSR count). The van der Waals surface area contributed by atoms with E-state index < -0.39 is 0 Å². The predicted molar refractivity (Wildman–Crippen MR) is 95.7 cm³/mol. The van der Waals surface area contributed by atoms with Crippen LogP contribution >= 0.6 is 24.0 Å². The molecule has 4 nitrogen and oxygen atoms in total. The minimum absolute atomic E-state index is 0.0445. The first-order chi connectivity index (χ1) is 11.1. The molecular formula is C17H11N3OS2.